The Morgan fingerprint density at radius 2 is 0.435 bits per heavy atom. The van der Waals surface area contributed by atoms with Gasteiger partial charge in [0.25, 0.3) is 0 Å². The van der Waals surface area contributed by atoms with Crippen LogP contribution in [0.5, 0.6) is 0 Å². The lowest BCUT2D eigenvalue weighted by molar-refractivity contribution is 0.667. The molecule has 0 N–H and O–H groups in total. The first-order chi connectivity index (χ1) is 65.0. The molecule has 0 fully saturated rings. The summed E-state index contributed by atoms with van der Waals surface area (Å²) in [5.74, 6) is 0. The van der Waals surface area contributed by atoms with Crippen LogP contribution in [0.2, 0.25) is 0 Å². The Hall–Kier alpha value is -12.7. The van der Waals surface area contributed by atoms with E-state index in [0.717, 1.165) is 38.5 Å². The van der Waals surface area contributed by atoms with Crippen LogP contribution >= 0.6 is 0 Å². The van der Waals surface area contributed by atoms with Gasteiger partial charge in [0.15, 0.2) is 0 Å². The summed E-state index contributed by atoms with van der Waals surface area (Å²) in [6.45, 7) is 48.0. The quantitative estimate of drug-likeness (QED) is 0.142. The highest BCUT2D eigenvalue weighted by Gasteiger charge is 2.60. The lowest BCUT2D eigenvalue weighted by Gasteiger charge is -2.44. The highest BCUT2D eigenvalue weighted by Crippen LogP contribution is 2.74. The SMILES string of the molecule is CC.CC.CC.CC.CC.CC.CC.CC.CC.CC.CC.CC.c1ccc2c(c1)CC13C4=C2Cc2cccc(c24)-c2c1c(cc1ccccc21)-c1c3ccc2ccccc12.c1ccc2c(c1)CC13C4=C2Cc2cccc(c24)-c2c1c(cc1ccccc21)-c1cc2ccccc2cc13.c1ccc2c(c1)CC13C4=C2Cc2cccc(c24)-c2cccc(c21)-c1c3ccc2ccccc12. The van der Waals surface area contributed by atoms with Crippen molar-refractivity contribution in [2.45, 2.75) is 221 Å². The Bertz CT molecular complexity index is 7220. The summed E-state index contributed by atoms with van der Waals surface area (Å²) in [6, 6.07) is 120. The van der Waals surface area contributed by atoms with Gasteiger partial charge in [0.2, 0.25) is 0 Å². The zero-order valence-corrected chi connectivity index (χ0v) is 82.8. The predicted molar refractivity (Wildman–Crippen MR) is 580 cm³/mol. The molecule has 0 heteroatoms. The van der Waals surface area contributed by atoms with Gasteiger partial charge < -0.3 is 0 Å². The van der Waals surface area contributed by atoms with E-state index in [9.17, 15) is 0 Å². The van der Waals surface area contributed by atoms with Crippen LogP contribution in [0.1, 0.15) is 266 Å². The summed E-state index contributed by atoms with van der Waals surface area (Å²) < 4.78 is 0. The normalized spacial score (nSPS) is 16.4. The summed E-state index contributed by atoms with van der Waals surface area (Å²) in [6.07, 6.45) is 6.20. The van der Waals surface area contributed by atoms with Crippen molar-refractivity contribution < 1.29 is 0 Å². The molecule has 0 saturated carbocycles. The Morgan fingerprint density at radius 3 is 0.863 bits per heavy atom. The first kappa shape index (κ1) is 93.0. The van der Waals surface area contributed by atoms with Gasteiger partial charge in [0, 0.05) is 0 Å². The van der Waals surface area contributed by atoms with E-state index in [0.29, 0.717) is 0 Å². The molecule has 131 heavy (non-hydrogen) atoms. The first-order valence-corrected chi connectivity index (χ1v) is 50.7. The fourth-order valence-corrected chi connectivity index (χ4v) is 24.6. The molecule has 0 amide bonds. The average molecular weight is 1710 g/mol. The minimum Gasteiger partial charge on any atom is -0.0683 e. The molecule has 17 aromatic rings. The average Bonchev–Trinajstić information content (AvgIpc) is 1.50. The van der Waals surface area contributed by atoms with Gasteiger partial charge in [-0.25, -0.2) is 0 Å². The van der Waals surface area contributed by atoms with Crippen LogP contribution in [0.15, 0.2) is 315 Å². The highest BCUT2D eigenvalue weighted by atomic mass is 14.6. The third kappa shape index (κ3) is 13.3. The predicted octanol–water partition coefficient (Wildman–Crippen LogP) is 38.1. The van der Waals surface area contributed by atoms with Gasteiger partial charge in [0.05, 0.1) is 16.2 Å². The number of allylic oxidation sites excluding steroid dienone is 6. The van der Waals surface area contributed by atoms with Gasteiger partial charge in [-0.2, -0.15) is 0 Å². The summed E-state index contributed by atoms with van der Waals surface area (Å²) in [4.78, 5) is 0. The molecule has 0 bridgehead atoms. The molecule has 0 aromatic heterocycles. The second-order valence-corrected chi connectivity index (χ2v) is 32.5. The molecule has 12 aliphatic carbocycles. The third-order valence-electron chi connectivity index (χ3n) is 28.1. The van der Waals surface area contributed by atoms with Crippen LogP contribution in [0.4, 0.5) is 0 Å². The Kier molecular flexibility index (Phi) is 27.8. The first-order valence-electron chi connectivity index (χ1n) is 50.7. The third-order valence-corrected chi connectivity index (χ3v) is 28.1. The van der Waals surface area contributed by atoms with Gasteiger partial charge >= 0.3 is 0 Å². The molecule has 0 radical (unpaired) electrons. The van der Waals surface area contributed by atoms with E-state index in [1.54, 1.807) is 50.1 Å². The van der Waals surface area contributed by atoms with Gasteiger partial charge in [-0.05, 0) is 317 Å². The van der Waals surface area contributed by atoms with Gasteiger partial charge in [-0.1, -0.05) is 457 Å². The van der Waals surface area contributed by atoms with Crippen LogP contribution in [-0.4, -0.2) is 0 Å². The second kappa shape index (κ2) is 39.1. The maximum atomic E-state index is 2.53. The zero-order valence-electron chi connectivity index (χ0n) is 82.8. The molecule has 660 valence electrons. The molecular weight excluding hydrogens is 1570 g/mol. The Balaban J connectivity index is 0.000000135. The smallest absolute Gasteiger partial charge is 0.0519 e. The molecule has 0 heterocycles. The summed E-state index contributed by atoms with van der Waals surface area (Å²) in [7, 11) is 0. The maximum Gasteiger partial charge on any atom is 0.0519 e. The zero-order chi connectivity index (χ0) is 93.1. The van der Waals surface area contributed by atoms with Crippen LogP contribution in [0.25, 0.3) is 154 Å². The van der Waals surface area contributed by atoms with Crippen molar-refractivity contribution >= 4 is 87.3 Å². The lowest BCUT2D eigenvalue weighted by atomic mass is 9.57. The number of fused-ring (bicyclic) bond motifs is 24. The number of hydrogen-bond acceptors (Lipinski definition) is 0. The molecular formula is C131H136. The van der Waals surface area contributed by atoms with Gasteiger partial charge in [-0.3, -0.25) is 0 Å². The molecule has 0 saturated heterocycles. The van der Waals surface area contributed by atoms with E-state index in [-0.39, 0.29) is 16.2 Å². The minimum atomic E-state index is -0.142. The van der Waals surface area contributed by atoms with Crippen molar-refractivity contribution in [2.24, 2.45) is 0 Å². The fraction of sp³-hybridized carbons (Fsp3) is 0.252. The topological polar surface area (TPSA) is 0 Å². The van der Waals surface area contributed by atoms with E-state index >= 15 is 0 Å². The number of hydrogen-bond donors (Lipinski definition) is 0. The molecule has 0 nitrogen and oxygen atoms in total. The van der Waals surface area contributed by atoms with Crippen molar-refractivity contribution in [3.05, 3.63) is 416 Å². The molecule has 12 aliphatic rings. The van der Waals surface area contributed by atoms with Crippen LogP contribution in [0.3, 0.4) is 0 Å². The van der Waals surface area contributed by atoms with E-state index in [1.807, 2.05) is 166 Å². The molecule has 29 rings (SSSR count). The van der Waals surface area contributed by atoms with Crippen molar-refractivity contribution in [1.29, 1.82) is 0 Å². The molecule has 3 unspecified atom stereocenters. The fourth-order valence-electron chi connectivity index (χ4n) is 24.6. The monoisotopic (exact) mass is 1710 g/mol. The van der Waals surface area contributed by atoms with E-state index in [4.69, 9.17) is 0 Å². The van der Waals surface area contributed by atoms with Gasteiger partial charge in [0.1, 0.15) is 0 Å². The molecule has 17 aromatic carbocycles. The summed E-state index contributed by atoms with van der Waals surface area (Å²) in [5, 5.41) is 13.5. The van der Waals surface area contributed by atoms with Crippen molar-refractivity contribution in [3.8, 4) is 66.8 Å². The molecule has 3 spiro atoms. The van der Waals surface area contributed by atoms with E-state index < -0.39 is 0 Å². The largest absolute Gasteiger partial charge is 0.0683 e. The highest BCUT2D eigenvalue weighted by molar-refractivity contribution is 6.24. The van der Waals surface area contributed by atoms with Crippen LogP contribution in [-0.2, 0) is 54.8 Å². The summed E-state index contributed by atoms with van der Waals surface area (Å²) in [5.41, 5.74) is 53.4. The van der Waals surface area contributed by atoms with Crippen molar-refractivity contribution in [3.63, 3.8) is 0 Å². The van der Waals surface area contributed by atoms with Crippen LogP contribution in [0, 0.1) is 0 Å². The molecule has 0 aliphatic heterocycles. The Morgan fingerprint density at radius 1 is 0.160 bits per heavy atom. The number of benzene rings is 17. The van der Waals surface area contributed by atoms with Crippen molar-refractivity contribution in [2.75, 3.05) is 0 Å². The molecule has 3 atom stereocenters. The Labute approximate surface area is 785 Å². The minimum absolute atomic E-state index is 0.0887. The van der Waals surface area contributed by atoms with E-state index in [2.05, 4.69) is 315 Å². The maximum absolute atomic E-state index is 2.53. The number of rotatable bonds is 0. The second-order valence-electron chi connectivity index (χ2n) is 32.5. The van der Waals surface area contributed by atoms with Crippen LogP contribution < -0.4 is 0 Å². The summed E-state index contributed by atoms with van der Waals surface area (Å²) >= 11 is 0. The lowest BCUT2D eigenvalue weighted by Crippen LogP contribution is -2.35. The van der Waals surface area contributed by atoms with E-state index in [1.165, 1.54) is 204 Å². The van der Waals surface area contributed by atoms with Gasteiger partial charge in [-0.15, -0.1) is 0 Å². The van der Waals surface area contributed by atoms with Crippen molar-refractivity contribution in [1.82, 2.24) is 0 Å². The standard InChI is InChI=1S/2C37H22.C33H20.12C2H6/c1-5-13-26-21(8-1)16-17-31-33(26)30-18-22-9-2-6-14-27(22)34-28-15-7-11-23-19-29-25-12-4-3-10-24(25)20-37(31,36(30)34)35(29)32(23)28;1-2-9-22-19-32-29(16-21(22)8-1)31-17-23-10-3-6-14-27(23)34-28-15-7-12-24-18-30-26-13-5-4-11-25(26)20-37(32,36(31)34)35(30)33(24)28;1-4-11-23-19(7-1)15-16-28-30(23)26-14-6-13-25-24-12-5-9-20-17-27-22-10-3-2-8-21(22)18-33(28,31(25)26)32(27)29(20)24;12*1-2/h1-18H,19-20H2;1-17,19H,18,20H2;1-16H,17-18H2;12*1-2H3.